The minimum absolute atomic E-state index is 0.0770. The zero-order valence-electron chi connectivity index (χ0n) is 10.5. The number of anilines is 1. The van der Waals surface area contributed by atoms with Crippen molar-refractivity contribution in [3.8, 4) is 0 Å². The van der Waals surface area contributed by atoms with E-state index < -0.39 is 5.91 Å². The smallest absolute Gasteiger partial charge is 0.290 e. The second-order valence-corrected chi connectivity index (χ2v) is 4.62. The van der Waals surface area contributed by atoms with Crippen molar-refractivity contribution in [2.45, 2.75) is 6.54 Å². The van der Waals surface area contributed by atoms with Gasteiger partial charge in [0.25, 0.3) is 11.8 Å². The molecule has 0 atom stereocenters. The zero-order valence-corrected chi connectivity index (χ0v) is 11.3. The van der Waals surface area contributed by atoms with Crippen LogP contribution in [0.3, 0.4) is 0 Å². The molecule has 0 bridgehead atoms. The summed E-state index contributed by atoms with van der Waals surface area (Å²) in [5, 5.41) is 3.27. The average Bonchev–Trinajstić information content (AvgIpc) is 2.38. The Morgan fingerprint density at radius 2 is 2.05 bits per heavy atom. The van der Waals surface area contributed by atoms with Gasteiger partial charge in [-0.25, -0.2) is 0 Å². The SMILES string of the molecule is NC(=O)c1ccc[n+](CC(=O)Nc2cccc(Cl)c2)c1. The largest absolute Gasteiger partial charge is 0.365 e. The summed E-state index contributed by atoms with van der Waals surface area (Å²) in [5.74, 6) is -0.756. The first kappa shape index (κ1) is 14.0. The molecule has 102 valence electrons. The van der Waals surface area contributed by atoms with Crippen LogP contribution in [-0.4, -0.2) is 11.8 Å². The molecule has 3 N–H and O–H groups in total. The van der Waals surface area contributed by atoms with Gasteiger partial charge in [-0.3, -0.25) is 9.59 Å². The molecule has 0 unspecified atom stereocenters. The molecule has 0 spiro atoms. The maximum atomic E-state index is 11.9. The first-order chi connectivity index (χ1) is 9.54. The summed E-state index contributed by atoms with van der Waals surface area (Å²) in [4.78, 5) is 22.9. The van der Waals surface area contributed by atoms with E-state index in [9.17, 15) is 9.59 Å². The van der Waals surface area contributed by atoms with Gasteiger partial charge in [0.2, 0.25) is 6.54 Å². The Labute approximate surface area is 121 Å². The number of pyridine rings is 1. The fraction of sp³-hybridized carbons (Fsp3) is 0.0714. The molecule has 1 aromatic heterocycles. The number of halogens is 1. The molecule has 2 rings (SSSR count). The highest BCUT2D eigenvalue weighted by Crippen LogP contribution is 2.14. The van der Waals surface area contributed by atoms with Crippen molar-refractivity contribution >= 4 is 29.1 Å². The second kappa shape index (κ2) is 6.16. The summed E-state index contributed by atoms with van der Waals surface area (Å²) in [6, 6.07) is 10.1. The number of amides is 2. The van der Waals surface area contributed by atoms with Crippen LogP contribution in [0.5, 0.6) is 0 Å². The van der Waals surface area contributed by atoms with Crippen LogP contribution in [0.15, 0.2) is 48.8 Å². The van der Waals surface area contributed by atoms with Crippen LogP contribution < -0.4 is 15.6 Å². The summed E-state index contributed by atoms with van der Waals surface area (Å²) < 4.78 is 1.58. The highest BCUT2D eigenvalue weighted by atomic mass is 35.5. The summed E-state index contributed by atoms with van der Waals surface area (Å²) in [6.07, 6.45) is 3.21. The highest BCUT2D eigenvalue weighted by molar-refractivity contribution is 6.30. The first-order valence-electron chi connectivity index (χ1n) is 5.89. The van der Waals surface area contributed by atoms with Crippen LogP contribution in [0.25, 0.3) is 0 Å². The lowest BCUT2D eigenvalue weighted by molar-refractivity contribution is -0.684. The topological polar surface area (TPSA) is 76.1 Å². The van der Waals surface area contributed by atoms with Crippen LogP contribution in [0.4, 0.5) is 5.69 Å². The minimum Gasteiger partial charge on any atom is -0.365 e. The van der Waals surface area contributed by atoms with Gasteiger partial charge in [0.15, 0.2) is 12.4 Å². The van der Waals surface area contributed by atoms with E-state index in [1.54, 1.807) is 47.2 Å². The van der Waals surface area contributed by atoms with E-state index in [0.717, 1.165) is 0 Å². The molecule has 0 aliphatic heterocycles. The second-order valence-electron chi connectivity index (χ2n) is 4.19. The molecular weight excluding hydrogens is 278 g/mol. The first-order valence-corrected chi connectivity index (χ1v) is 6.27. The number of hydrogen-bond donors (Lipinski definition) is 2. The molecule has 0 saturated heterocycles. The van der Waals surface area contributed by atoms with Crippen molar-refractivity contribution in [2.75, 3.05) is 5.32 Å². The Balaban J connectivity index is 2.04. The van der Waals surface area contributed by atoms with Crippen molar-refractivity contribution in [3.05, 3.63) is 59.4 Å². The Morgan fingerprint density at radius 3 is 2.75 bits per heavy atom. The summed E-state index contributed by atoms with van der Waals surface area (Å²) >= 11 is 5.84. The van der Waals surface area contributed by atoms with E-state index in [2.05, 4.69) is 5.32 Å². The van der Waals surface area contributed by atoms with Crippen LogP contribution >= 0.6 is 11.6 Å². The molecule has 0 aliphatic rings. The molecule has 0 saturated carbocycles. The molecule has 0 fully saturated rings. The fourth-order valence-electron chi connectivity index (χ4n) is 1.70. The normalized spacial score (nSPS) is 10.1. The predicted molar refractivity (Wildman–Crippen MR) is 75.2 cm³/mol. The van der Waals surface area contributed by atoms with E-state index in [1.807, 2.05) is 0 Å². The molecular formula is C14H13ClN3O2+. The van der Waals surface area contributed by atoms with Crippen molar-refractivity contribution in [2.24, 2.45) is 5.73 Å². The van der Waals surface area contributed by atoms with Gasteiger partial charge in [-0.1, -0.05) is 17.7 Å². The maximum absolute atomic E-state index is 11.9. The van der Waals surface area contributed by atoms with Gasteiger partial charge < -0.3 is 11.1 Å². The Hall–Kier alpha value is -2.40. The van der Waals surface area contributed by atoms with Gasteiger partial charge in [-0.2, -0.15) is 4.57 Å². The quantitative estimate of drug-likeness (QED) is 0.834. The van der Waals surface area contributed by atoms with E-state index in [4.69, 9.17) is 17.3 Å². The Bertz CT molecular complexity index is 658. The highest BCUT2D eigenvalue weighted by Gasteiger charge is 2.12. The lowest BCUT2D eigenvalue weighted by atomic mass is 10.2. The number of nitrogens with one attached hydrogen (secondary N) is 1. The van der Waals surface area contributed by atoms with E-state index in [-0.39, 0.29) is 12.5 Å². The average molecular weight is 291 g/mol. The summed E-state index contributed by atoms with van der Waals surface area (Å²) in [7, 11) is 0. The third-order valence-corrected chi connectivity index (χ3v) is 2.81. The molecule has 2 amide bonds. The number of nitrogens with zero attached hydrogens (tertiary/aromatic N) is 1. The lowest BCUT2D eigenvalue weighted by Crippen LogP contribution is -2.40. The van der Waals surface area contributed by atoms with Crippen LogP contribution in [-0.2, 0) is 11.3 Å². The van der Waals surface area contributed by atoms with E-state index >= 15 is 0 Å². The van der Waals surface area contributed by atoms with Gasteiger partial charge in [-0.15, -0.1) is 0 Å². The number of nitrogens with two attached hydrogens (primary N) is 1. The van der Waals surface area contributed by atoms with Crippen molar-refractivity contribution in [1.82, 2.24) is 0 Å². The van der Waals surface area contributed by atoms with Crippen LogP contribution in [0.1, 0.15) is 10.4 Å². The summed E-state index contributed by atoms with van der Waals surface area (Å²) in [5.41, 5.74) is 6.16. The molecule has 5 nitrogen and oxygen atoms in total. The third kappa shape index (κ3) is 3.80. The van der Waals surface area contributed by atoms with Gasteiger partial charge in [0, 0.05) is 16.8 Å². The maximum Gasteiger partial charge on any atom is 0.290 e. The standard InChI is InChI=1S/C14H12ClN3O2/c15-11-4-1-5-12(7-11)17-13(19)9-18-6-2-3-10(8-18)14(16)20/h1-8H,9H2,(H2-,16,17,19,20)/p+1. The molecule has 1 heterocycles. The number of benzene rings is 1. The van der Waals surface area contributed by atoms with Gasteiger partial charge in [0.1, 0.15) is 5.56 Å². The van der Waals surface area contributed by atoms with Crippen molar-refractivity contribution in [1.29, 1.82) is 0 Å². The fourth-order valence-corrected chi connectivity index (χ4v) is 1.89. The van der Waals surface area contributed by atoms with Gasteiger partial charge >= 0.3 is 0 Å². The minimum atomic E-state index is -0.533. The number of primary amides is 1. The van der Waals surface area contributed by atoms with Crippen LogP contribution in [0.2, 0.25) is 5.02 Å². The zero-order chi connectivity index (χ0) is 14.5. The third-order valence-electron chi connectivity index (χ3n) is 2.58. The molecule has 6 heteroatoms. The predicted octanol–water partition coefficient (Wildman–Crippen LogP) is 1.37. The summed E-state index contributed by atoms with van der Waals surface area (Å²) in [6.45, 7) is 0.0770. The molecule has 0 radical (unpaired) electrons. The van der Waals surface area contributed by atoms with Gasteiger partial charge in [0.05, 0.1) is 0 Å². The molecule has 1 aromatic carbocycles. The Morgan fingerprint density at radius 1 is 1.25 bits per heavy atom. The van der Waals surface area contributed by atoms with E-state index in [1.165, 1.54) is 6.20 Å². The number of hydrogen-bond acceptors (Lipinski definition) is 2. The van der Waals surface area contributed by atoms with Crippen molar-refractivity contribution < 1.29 is 14.2 Å². The number of carbonyl (C=O) groups is 2. The van der Waals surface area contributed by atoms with Crippen LogP contribution in [0, 0.1) is 0 Å². The Kier molecular flexibility index (Phi) is 4.32. The molecule has 2 aromatic rings. The monoisotopic (exact) mass is 290 g/mol. The molecule has 0 aliphatic carbocycles. The number of carbonyl (C=O) groups excluding carboxylic acids is 2. The lowest BCUT2D eigenvalue weighted by Gasteiger charge is -2.03. The number of aromatic nitrogens is 1. The van der Waals surface area contributed by atoms with Gasteiger partial charge in [-0.05, 0) is 24.3 Å². The molecule has 20 heavy (non-hydrogen) atoms. The van der Waals surface area contributed by atoms with Crippen molar-refractivity contribution in [3.63, 3.8) is 0 Å². The van der Waals surface area contributed by atoms with E-state index in [0.29, 0.717) is 16.3 Å². The number of rotatable bonds is 4.